The molecule has 0 aliphatic rings. The van der Waals surface area contributed by atoms with Crippen LogP contribution in [0.4, 0.5) is 0 Å². The summed E-state index contributed by atoms with van der Waals surface area (Å²) in [5.41, 5.74) is 0. The Morgan fingerprint density at radius 3 is 1.80 bits per heavy atom. The zero-order valence-corrected chi connectivity index (χ0v) is 8.21. The number of hydrogen-bond donors (Lipinski definition) is 6. The molecule has 0 saturated carbocycles. The van der Waals surface area contributed by atoms with Gasteiger partial charge in [-0.05, 0) is 0 Å². The van der Waals surface area contributed by atoms with Crippen molar-refractivity contribution in [2.24, 2.45) is 0 Å². The molecule has 0 fully saturated rings. The first-order valence-electron chi connectivity index (χ1n) is 3.97. The second kappa shape index (κ2) is 4.00. The Balaban J connectivity index is 5.27. The van der Waals surface area contributed by atoms with Gasteiger partial charge in [-0.1, -0.05) is 6.92 Å². The Morgan fingerprint density at radius 1 is 1.13 bits per heavy atom. The second-order valence-electron chi connectivity index (χ2n) is 3.01. The van der Waals surface area contributed by atoms with Gasteiger partial charge in [0, 0.05) is 6.42 Å². The van der Waals surface area contributed by atoms with E-state index in [1.807, 2.05) is 0 Å². The molecule has 0 aliphatic heterocycles. The van der Waals surface area contributed by atoms with E-state index in [4.69, 9.17) is 30.6 Å². The van der Waals surface area contributed by atoms with Gasteiger partial charge in [-0.2, -0.15) is 0 Å². The lowest BCUT2D eigenvalue weighted by atomic mass is 9.94. The first kappa shape index (κ1) is 14.2. The summed E-state index contributed by atoms with van der Waals surface area (Å²) in [6.07, 6.45) is -0.667. The average Bonchev–Trinajstić information content (AvgIpc) is 2.15. The highest BCUT2D eigenvalue weighted by Crippen LogP contribution is 2.30. The molecule has 8 heteroatoms. The zero-order valence-electron chi connectivity index (χ0n) is 8.21. The van der Waals surface area contributed by atoms with E-state index in [0.29, 0.717) is 0 Å². The Bertz CT molecular complexity index is 243. The number of rotatable bonds is 4. The van der Waals surface area contributed by atoms with Gasteiger partial charge in [0.2, 0.25) is 5.79 Å². The van der Waals surface area contributed by atoms with Crippen LogP contribution in [0.5, 0.6) is 0 Å². The lowest BCUT2D eigenvalue weighted by Gasteiger charge is -2.40. The van der Waals surface area contributed by atoms with Crippen LogP contribution in [0, 0.1) is 0 Å². The number of carbonyl (C=O) groups excluding carboxylic acids is 1. The number of ether oxygens (including phenoxy) is 1. The maximum atomic E-state index is 10.8. The van der Waals surface area contributed by atoms with Gasteiger partial charge in [0.25, 0.3) is 5.79 Å². The average molecular weight is 226 g/mol. The summed E-state index contributed by atoms with van der Waals surface area (Å²) in [5.74, 6) is -12.9. The SMILES string of the molecule is CCC(O)(O)C(O)(O)C(O)(O)C(=O)OC. The smallest absolute Gasteiger partial charge is 0.372 e. The molecular weight excluding hydrogens is 212 g/mol. The van der Waals surface area contributed by atoms with E-state index in [1.165, 1.54) is 0 Å². The minimum absolute atomic E-state index is 0.667. The van der Waals surface area contributed by atoms with Crippen molar-refractivity contribution >= 4 is 5.97 Å². The van der Waals surface area contributed by atoms with Crippen molar-refractivity contribution in [1.82, 2.24) is 0 Å². The van der Waals surface area contributed by atoms with Crippen LogP contribution in [-0.4, -0.2) is 61.1 Å². The highest BCUT2D eigenvalue weighted by molar-refractivity contribution is 5.78. The van der Waals surface area contributed by atoms with Crippen LogP contribution in [0.15, 0.2) is 0 Å². The van der Waals surface area contributed by atoms with E-state index in [-0.39, 0.29) is 0 Å². The maximum Gasteiger partial charge on any atom is 0.372 e. The number of carbonyl (C=O) groups is 1. The summed E-state index contributed by atoms with van der Waals surface area (Å²) >= 11 is 0. The van der Waals surface area contributed by atoms with E-state index in [1.54, 1.807) is 0 Å². The molecule has 0 aromatic rings. The number of esters is 1. The van der Waals surface area contributed by atoms with Gasteiger partial charge in [-0.3, -0.25) is 0 Å². The van der Waals surface area contributed by atoms with Crippen molar-refractivity contribution < 1.29 is 40.2 Å². The summed E-state index contributed by atoms with van der Waals surface area (Å²) in [6.45, 7) is 1.12. The van der Waals surface area contributed by atoms with Gasteiger partial charge < -0.3 is 35.4 Å². The fraction of sp³-hybridized carbons (Fsp3) is 0.857. The van der Waals surface area contributed by atoms with Gasteiger partial charge in [-0.15, -0.1) is 0 Å². The molecule has 0 amide bonds. The largest absolute Gasteiger partial charge is 0.465 e. The zero-order chi connectivity index (χ0) is 12.5. The summed E-state index contributed by atoms with van der Waals surface area (Å²) in [6, 6.07) is 0. The quantitative estimate of drug-likeness (QED) is 0.215. The third-order valence-electron chi connectivity index (χ3n) is 2.01. The predicted octanol–water partition coefficient (Wildman–Crippen LogP) is -3.39. The van der Waals surface area contributed by atoms with Crippen LogP contribution in [0.1, 0.15) is 13.3 Å². The van der Waals surface area contributed by atoms with Crippen LogP contribution < -0.4 is 0 Å². The number of aliphatic hydroxyl groups is 6. The van der Waals surface area contributed by atoms with E-state index >= 15 is 0 Å². The monoisotopic (exact) mass is 226 g/mol. The third-order valence-corrected chi connectivity index (χ3v) is 2.01. The molecule has 0 bridgehead atoms. The summed E-state index contributed by atoms with van der Waals surface area (Å²) < 4.78 is 3.86. The minimum atomic E-state index is -3.89. The molecule has 0 aromatic carbocycles. The van der Waals surface area contributed by atoms with E-state index in [9.17, 15) is 4.79 Å². The van der Waals surface area contributed by atoms with Gasteiger partial charge in [0.05, 0.1) is 7.11 Å². The lowest BCUT2D eigenvalue weighted by Crippen LogP contribution is -2.71. The van der Waals surface area contributed by atoms with E-state index in [2.05, 4.69) is 4.74 Å². The summed E-state index contributed by atoms with van der Waals surface area (Å²) in [7, 11) is 0.752. The molecule has 15 heavy (non-hydrogen) atoms. The van der Waals surface area contributed by atoms with Gasteiger partial charge in [0.1, 0.15) is 0 Å². The van der Waals surface area contributed by atoms with Crippen molar-refractivity contribution in [2.45, 2.75) is 30.7 Å². The van der Waals surface area contributed by atoms with Crippen molar-refractivity contribution in [1.29, 1.82) is 0 Å². The topological polar surface area (TPSA) is 148 Å². The molecule has 0 rings (SSSR count). The predicted molar refractivity (Wildman–Crippen MR) is 43.8 cm³/mol. The van der Waals surface area contributed by atoms with Crippen molar-refractivity contribution in [2.75, 3.05) is 7.11 Å². The molecular formula is C7H14O8. The van der Waals surface area contributed by atoms with Crippen LogP contribution in [0.3, 0.4) is 0 Å². The maximum absolute atomic E-state index is 10.8. The van der Waals surface area contributed by atoms with Gasteiger partial charge in [-0.25, -0.2) is 4.79 Å². The van der Waals surface area contributed by atoms with Gasteiger partial charge in [0.15, 0.2) is 0 Å². The first-order chi connectivity index (χ1) is 6.54. The fourth-order valence-corrected chi connectivity index (χ4v) is 0.810. The fourth-order valence-electron chi connectivity index (χ4n) is 0.810. The summed E-state index contributed by atoms with van der Waals surface area (Å²) in [5, 5.41) is 54.4. The summed E-state index contributed by atoms with van der Waals surface area (Å²) in [4.78, 5) is 10.8. The molecule has 6 N–H and O–H groups in total. The van der Waals surface area contributed by atoms with Crippen LogP contribution in [0.25, 0.3) is 0 Å². The highest BCUT2D eigenvalue weighted by Gasteiger charge is 2.65. The second-order valence-corrected chi connectivity index (χ2v) is 3.01. The number of hydrogen-bond acceptors (Lipinski definition) is 8. The number of methoxy groups -OCH3 is 1. The first-order valence-corrected chi connectivity index (χ1v) is 3.97. The van der Waals surface area contributed by atoms with Crippen LogP contribution in [-0.2, 0) is 9.53 Å². The van der Waals surface area contributed by atoms with Crippen LogP contribution >= 0.6 is 0 Å². The lowest BCUT2D eigenvalue weighted by molar-refractivity contribution is -0.441. The van der Waals surface area contributed by atoms with Crippen molar-refractivity contribution in [3.05, 3.63) is 0 Å². The third kappa shape index (κ3) is 2.09. The highest BCUT2D eigenvalue weighted by atomic mass is 16.7. The Kier molecular flexibility index (Phi) is 3.80. The minimum Gasteiger partial charge on any atom is -0.465 e. The Morgan fingerprint density at radius 2 is 1.53 bits per heavy atom. The molecule has 8 nitrogen and oxygen atoms in total. The van der Waals surface area contributed by atoms with E-state index < -0.39 is 29.8 Å². The molecule has 0 heterocycles. The molecule has 0 radical (unpaired) electrons. The van der Waals surface area contributed by atoms with Gasteiger partial charge >= 0.3 is 11.8 Å². The molecule has 0 aliphatic carbocycles. The van der Waals surface area contributed by atoms with Crippen LogP contribution in [0.2, 0.25) is 0 Å². The van der Waals surface area contributed by atoms with E-state index in [0.717, 1.165) is 14.0 Å². The Labute approximate surface area is 85.0 Å². The molecule has 0 spiro atoms. The molecule has 90 valence electrons. The van der Waals surface area contributed by atoms with Crippen molar-refractivity contribution in [3.63, 3.8) is 0 Å². The standard InChI is InChI=1S/C7H14O8/c1-3-5(9,10)7(13,14)6(11,12)4(8)15-2/h9-14H,3H2,1-2H3. The molecule has 0 aromatic heterocycles. The normalized spacial score (nSPS) is 13.9. The molecule has 0 atom stereocenters. The molecule has 0 saturated heterocycles. The Hall–Kier alpha value is -0.770. The molecule has 0 unspecified atom stereocenters. The van der Waals surface area contributed by atoms with Crippen molar-refractivity contribution in [3.8, 4) is 0 Å².